The number of hydrogen-bond acceptors (Lipinski definition) is 4. The quantitative estimate of drug-likeness (QED) is 0.805. The Bertz CT molecular complexity index is 731. The van der Waals surface area contributed by atoms with Gasteiger partial charge in [0, 0.05) is 26.4 Å². The van der Waals surface area contributed by atoms with E-state index in [2.05, 4.69) is 5.10 Å². The normalized spacial score (nSPS) is 20.0. The molecule has 0 spiro atoms. The van der Waals surface area contributed by atoms with Crippen LogP contribution in [0.25, 0.3) is 0 Å². The van der Waals surface area contributed by atoms with Gasteiger partial charge in [0.25, 0.3) is 5.91 Å². The van der Waals surface area contributed by atoms with Gasteiger partial charge in [-0.15, -0.1) is 0 Å². The van der Waals surface area contributed by atoms with Crippen LogP contribution in [0.1, 0.15) is 23.8 Å². The van der Waals surface area contributed by atoms with Gasteiger partial charge < -0.3 is 14.4 Å². The third-order valence-electron chi connectivity index (χ3n) is 4.54. The number of aryl methyl sites for hydroxylation is 1. The van der Waals surface area contributed by atoms with Crippen molar-refractivity contribution in [2.75, 3.05) is 26.8 Å². The summed E-state index contributed by atoms with van der Waals surface area (Å²) in [4.78, 5) is 14.3. The molecule has 2 aromatic rings. The minimum atomic E-state index is -0.572. The maximum absolute atomic E-state index is 13.0. The van der Waals surface area contributed by atoms with Crippen molar-refractivity contribution in [1.82, 2.24) is 14.7 Å². The number of methoxy groups -OCH3 is 1. The number of carbonyl (C=O) groups is 1. The number of benzene rings is 1. The molecule has 1 aliphatic rings. The fourth-order valence-corrected chi connectivity index (χ4v) is 2.92. The zero-order valence-corrected chi connectivity index (χ0v) is 14.4. The summed E-state index contributed by atoms with van der Waals surface area (Å²) in [5.41, 5.74) is -0.134. The second-order valence-electron chi connectivity index (χ2n) is 6.16. The van der Waals surface area contributed by atoms with Crippen molar-refractivity contribution in [2.24, 2.45) is 0 Å². The van der Waals surface area contributed by atoms with Crippen LogP contribution in [0.4, 0.5) is 4.39 Å². The summed E-state index contributed by atoms with van der Waals surface area (Å²) in [6, 6.07) is 7.59. The lowest BCUT2D eigenvalue weighted by atomic mass is 10.0. The van der Waals surface area contributed by atoms with E-state index in [1.54, 1.807) is 41.1 Å². The van der Waals surface area contributed by atoms with E-state index in [4.69, 9.17) is 9.47 Å². The molecule has 1 aliphatic heterocycles. The molecule has 1 saturated heterocycles. The van der Waals surface area contributed by atoms with Crippen molar-refractivity contribution in [3.8, 4) is 5.75 Å². The van der Waals surface area contributed by atoms with Crippen molar-refractivity contribution in [2.45, 2.75) is 25.5 Å². The van der Waals surface area contributed by atoms with Crippen molar-refractivity contribution in [1.29, 1.82) is 0 Å². The molecule has 1 aromatic heterocycles. The van der Waals surface area contributed by atoms with Crippen LogP contribution >= 0.6 is 0 Å². The molecule has 6 nitrogen and oxygen atoms in total. The molecule has 1 atom stereocenters. The van der Waals surface area contributed by atoms with E-state index in [1.807, 2.05) is 6.92 Å². The van der Waals surface area contributed by atoms with Crippen LogP contribution in [0.15, 0.2) is 36.5 Å². The zero-order valence-electron chi connectivity index (χ0n) is 14.4. The van der Waals surface area contributed by atoms with E-state index in [1.165, 1.54) is 12.1 Å². The number of carbonyl (C=O) groups excluding carboxylic acids is 1. The first kappa shape index (κ1) is 17.4. The van der Waals surface area contributed by atoms with E-state index in [-0.39, 0.29) is 11.7 Å². The van der Waals surface area contributed by atoms with Crippen LogP contribution in [0, 0.1) is 5.82 Å². The Morgan fingerprint density at radius 1 is 1.32 bits per heavy atom. The lowest BCUT2D eigenvalue weighted by Crippen LogP contribution is -2.42. The number of nitrogens with zero attached hydrogens (tertiary/aromatic N) is 3. The van der Waals surface area contributed by atoms with Gasteiger partial charge in [-0.3, -0.25) is 9.48 Å². The highest BCUT2D eigenvalue weighted by Gasteiger charge is 2.41. The van der Waals surface area contributed by atoms with Crippen LogP contribution in [0.3, 0.4) is 0 Å². The number of ether oxygens (including phenoxy) is 2. The molecule has 0 bridgehead atoms. The molecule has 1 aromatic carbocycles. The van der Waals surface area contributed by atoms with Crippen LogP contribution < -0.4 is 4.74 Å². The van der Waals surface area contributed by atoms with Crippen LogP contribution in [-0.4, -0.2) is 53.0 Å². The molecule has 3 rings (SSSR count). The van der Waals surface area contributed by atoms with E-state index >= 15 is 0 Å². The summed E-state index contributed by atoms with van der Waals surface area (Å²) in [5.74, 6) is 0.162. The van der Waals surface area contributed by atoms with E-state index in [9.17, 15) is 9.18 Å². The van der Waals surface area contributed by atoms with Gasteiger partial charge >= 0.3 is 0 Å². The minimum absolute atomic E-state index is 0.104. The van der Waals surface area contributed by atoms with E-state index in [0.717, 1.165) is 6.54 Å². The third kappa shape index (κ3) is 3.82. The molecular formula is C18H22FN3O3. The summed E-state index contributed by atoms with van der Waals surface area (Å²) >= 11 is 0. The van der Waals surface area contributed by atoms with Crippen molar-refractivity contribution in [3.05, 3.63) is 48.0 Å². The number of rotatable bonds is 6. The Morgan fingerprint density at radius 3 is 2.72 bits per heavy atom. The summed E-state index contributed by atoms with van der Waals surface area (Å²) in [7, 11) is 1.62. The second kappa shape index (κ2) is 7.23. The largest absolute Gasteiger partial charge is 0.491 e. The summed E-state index contributed by atoms with van der Waals surface area (Å²) in [6.45, 7) is 4.00. The van der Waals surface area contributed by atoms with Crippen LogP contribution in [0.2, 0.25) is 0 Å². The average Bonchev–Trinajstić information content (AvgIpc) is 3.28. The van der Waals surface area contributed by atoms with Crippen molar-refractivity contribution < 1.29 is 18.7 Å². The standard InChI is InChI=1S/C18H22FN3O3/c1-3-22-10-8-16(20-22)17(23)21-11-9-18(12-21,24-2)13-25-15-6-4-14(19)5-7-15/h4-8,10H,3,9,11-13H2,1-2H3/t18-/m1/s1. The summed E-state index contributed by atoms with van der Waals surface area (Å²) < 4.78 is 26.1. The van der Waals surface area contributed by atoms with Gasteiger partial charge in [-0.1, -0.05) is 0 Å². The highest BCUT2D eigenvalue weighted by Crippen LogP contribution is 2.27. The van der Waals surface area contributed by atoms with Gasteiger partial charge in [0.05, 0.1) is 6.54 Å². The number of amides is 1. The molecule has 134 valence electrons. The number of halogens is 1. The fraction of sp³-hybridized carbons (Fsp3) is 0.444. The highest BCUT2D eigenvalue weighted by molar-refractivity contribution is 5.92. The third-order valence-corrected chi connectivity index (χ3v) is 4.54. The first-order valence-corrected chi connectivity index (χ1v) is 8.31. The topological polar surface area (TPSA) is 56.6 Å². The molecule has 1 amide bonds. The zero-order chi connectivity index (χ0) is 17.9. The molecule has 0 radical (unpaired) electrons. The predicted molar refractivity (Wildman–Crippen MR) is 90.1 cm³/mol. The Labute approximate surface area is 146 Å². The average molecular weight is 347 g/mol. The first-order chi connectivity index (χ1) is 12.0. The Morgan fingerprint density at radius 2 is 2.08 bits per heavy atom. The molecule has 7 heteroatoms. The minimum Gasteiger partial charge on any atom is -0.491 e. The summed E-state index contributed by atoms with van der Waals surface area (Å²) in [5, 5.41) is 4.27. The highest BCUT2D eigenvalue weighted by atomic mass is 19.1. The van der Waals surface area contributed by atoms with Gasteiger partial charge in [0.2, 0.25) is 0 Å². The number of hydrogen-bond donors (Lipinski definition) is 0. The first-order valence-electron chi connectivity index (χ1n) is 8.31. The number of likely N-dealkylation sites (tertiary alicyclic amines) is 1. The predicted octanol–water partition coefficient (Wildman–Crippen LogP) is 2.35. The Kier molecular flexibility index (Phi) is 5.03. The molecule has 2 heterocycles. The fourth-order valence-electron chi connectivity index (χ4n) is 2.92. The molecule has 1 fully saturated rings. The Balaban J connectivity index is 1.63. The second-order valence-corrected chi connectivity index (χ2v) is 6.16. The molecular weight excluding hydrogens is 325 g/mol. The number of aromatic nitrogens is 2. The Hall–Kier alpha value is -2.41. The monoisotopic (exact) mass is 347 g/mol. The van der Waals surface area contributed by atoms with Gasteiger partial charge in [0.15, 0.2) is 0 Å². The summed E-state index contributed by atoms with van der Waals surface area (Å²) in [6.07, 6.45) is 2.47. The van der Waals surface area contributed by atoms with E-state index in [0.29, 0.717) is 37.6 Å². The maximum atomic E-state index is 13.0. The molecule has 25 heavy (non-hydrogen) atoms. The van der Waals surface area contributed by atoms with Crippen molar-refractivity contribution >= 4 is 5.91 Å². The van der Waals surface area contributed by atoms with E-state index < -0.39 is 5.60 Å². The smallest absolute Gasteiger partial charge is 0.274 e. The molecule has 0 aliphatic carbocycles. The van der Waals surface area contributed by atoms with Crippen LogP contribution in [-0.2, 0) is 11.3 Å². The van der Waals surface area contributed by atoms with Gasteiger partial charge in [-0.05, 0) is 43.7 Å². The van der Waals surface area contributed by atoms with Gasteiger partial charge in [-0.2, -0.15) is 5.10 Å². The van der Waals surface area contributed by atoms with Gasteiger partial charge in [0.1, 0.15) is 29.5 Å². The molecule has 0 unspecified atom stereocenters. The lowest BCUT2D eigenvalue weighted by molar-refractivity contribution is -0.0343. The van der Waals surface area contributed by atoms with Gasteiger partial charge in [-0.25, -0.2) is 4.39 Å². The maximum Gasteiger partial charge on any atom is 0.274 e. The lowest BCUT2D eigenvalue weighted by Gasteiger charge is -2.27. The SMILES string of the molecule is CCn1ccc(C(=O)N2CC[C@@](COc3ccc(F)cc3)(OC)C2)n1. The molecule has 0 saturated carbocycles. The van der Waals surface area contributed by atoms with Crippen LogP contribution in [0.5, 0.6) is 5.75 Å². The van der Waals surface area contributed by atoms with Crippen molar-refractivity contribution in [3.63, 3.8) is 0 Å². The molecule has 0 N–H and O–H groups in total.